The summed E-state index contributed by atoms with van der Waals surface area (Å²) in [7, 11) is 0. The van der Waals surface area contributed by atoms with Crippen LogP contribution in [0.25, 0.3) is 22.6 Å². The van der Waals surface area contributed by atoms with Gasteiger partial charge < -0.3 is 5.43 Å². The zero-order chi connectivity index (χ0) is 16.5. The van der Waals surface area contributed by atoms with Gasteiger partial charge in [-0.25, -0.2) is 14.6 Å². The Bertz CT molecular complexity index is 859. The maximum Gasteiger partial charge on any atom is 0.179 e. The van der Waals surface area contributed by atoms with Crippen molar-refractivity contribution in [2.45, 2.75) is 52.0 Å². The van der Waals surface area contributed by atoms with Crippen molar-refractivity contribution in [1.29, 1.82) is 0 Å². The summed E-state index contributed by atoms with van der Waals surface area (Å²) in [5.74, 6) is 0.968. The van der Waals surface area contributed by atoms with Gasteiger partial charge >= 0.3 is 0 Å². The van der Waals surface area contributed by atoms with E-state index in [0.29, 0.717) is 6.04 Å². The third-order valence-corrected chi connectivity index (χ3v) is 5.05. The number of nitrogens with one attached hydrogen (secondary N) is 1. The van der Waals surface area contributed by atoms with E-state index < -0.39 is 0 Å². The predicted octanol–water partition coefficient (Wildman–Crippen LogP) is 4.59. The summed E-state index contributed by atoms with van der Waals surface area (Å²) in [5, 5.41) is 0. The molecule has 4 heteroatoms. The second-order valence-electron chi connectivity index (χ2n) is 6.85. The average Bonchev–Trinajstić information content (AvgIpc) is 2.96. The highest BCUT2D eigenvalue weighted by Crippen LogP contribution is 2.28. The van der Waals surface area contributed by atoms with Gasteiger partial charge in [-0.1, -0.05) is 43.5 Å². The van der Waals surface area contributed by atoms with Crippen molar-refractivity contribution in [3.8, 4) is 11.4 Å². The largest absolute Gasteiger partial charge is 0.319 e. The Balaban J connectivity index is 1.86. The maximum absolute atomic E-state index is 4.95. The summed E-state index contributed by atoms with van der Waals surface area (Å²) in [6.45, 7) is 4.24. The van der Waals surface area contributed by atoms with Gasteiger partial charge in [-0.05, 0) is 43.9 Å². The molecule has 1 N–H and O–H groups in total. The fourth-order valence-electron chi connectivity index (χ4n) is 3.64. The molecule has 2 heterocycles. The summed E-state index contributed by atoms with van der Waals surface area (Å²) in [6, 6.07) is 11.0. The minimum absolute atomic E-state index is 0.501. The number of hydrogen-bond donors (Lipinski definition) is 1. The number of aryl methyl sites for hydroxylation is 2. The molecular weight excluding hydrogens is 296 g/mol. The van der Waals surface area contributed by atoms with Gasteiger partial charge in [-0.15, -0.1) is 0 Å². The minimum atomic E-state index is 0.501. The van der Waals surface area contributed by atoms with E-state index in [1.165, 1.54) is 48.8 Å². The number of fused-ring (bicyclic) bond motifs is 1. The monoisotopic (exact) mass is 320 g/mol. The summed E-state index contributed by atoms with van der Waals surface area (Å²) < 4.78 is 2.13. The van der Waals surface area contributed by atoms with E-state index in [0.717, 1.165) is 17.0 Å². The molecule has 0 unspecified atom stereocenters. The molecule has 0 bridgehead atoms. The van der Waals surface area contributed by atoms with Gasteiger partial charge in [0.25, 0.3) is 0 Å². The Morgan fingerprint density at radius 2 is 1.79 bits per heavy atom. The molecule has 0 spiro atoms. The topological polar surface area (TPSA) is 42.7 Å². The van der Waals surface area contributed by atoms with Crippen LogP contribution in [0.5, 0.6) is 0 Å². The lowest BCUT2D eigenvalue weighted by molar-refractivity contribution is 0.440. The normalized spacial score (nSPS) is 15.8. The van der Waals surface area contributed by atoms with Gasteiger partial charge in [0.05, 0.1) is 0 Å². The molecule has 4 rings (SSSR count). The van der Waals surface area contributed by atoms with Crippen molar-refractivity contribution >= 4 is 11.2 Å². The first kappa shape index (κ1) is 15.2. The SMILES string of the molecule is Cc1ccccc1-c1nc2c(C)ccnc2n1NC1CCCCC1. The van der Waals surface area contributed by atoms with E-state index >= 15 is 0 Å². The second-order valence-corrected chi connectivity index (χ2v) is 6.85. The van der Waals surface area contributed by atoms with E-state index in [2.05, 4.69) is 53.2 Å². The summed E-state index contributed by atoms with van der Waals surface area (Å²) >= 11 is 0. The van der Waals surface area contributed by atoms with Crippen LogP contribution in [-0.2, 0) is 0 Å². The Hall–Kier alpha value is -2.36. The molecule has 3 aromatic rings. The van der Waals surface area contributed by atoms with Gasteiger partial charge in [0.15, 0.2) is 11.5 Å². The molecule has 0 amide bonds. The standard InChI is InChI=1S/C20H24N4/c1-14-8-6-7-11-17(14)19-22-18-15(2)12-13-21-20(18)24(19)23-16-9-4-3-5-10-16/h6-8,11-13,16,23H,3-5,9-10H2,1-2H3. The smallest absolute Gasteiger partial charge is 0.179 e. The van der Waals surface area contributed by atoms with Gasteiger partial charge in [-0.3, -0.25) is 0 Å². The third kappa shape index (κ3) is 2.66. The molecule has 1 aliphatic carbocycles. The van der Waals surface area contributed by atoms with E-state index in [1.54, 1.807) is 0 Å². The Kier molecular flexibility index (Phi) is 3.97. The van der Waals surface area contributed by atoms with Crippen LogP contribution in [0, 0.1) is 13.8 Å². The van der Waals surface area contributed by atoms with Gasteiger partial charge in [0.1, 0.15) is 5.52 Å². The zero-order valence-corrected chi connectivity index (χ0v) is 14.4. The first-order valence-electron chi connectivity index (χ1n) is 8.90. The second kappa shape index (κ2) is 6.27. The number of nitrogens with zero attached hydrogens (tertiary/aromatic N) is 3. The van der Waals surface area contributed by atoms with E-state index in [-0.39, 0.29) is 0 Å². The van der Waals surface area contributed by atoms with Crippen LogP contribution < -0.4 is 5.43 Å². The average molecular weight is 320 g/mol. The van der Waals surface area contributed by atoms with Crippen LogP contribution in [0.1, 0.15) is 43.2 Å². The maximum atomic E-state index is 4.95. The molecule has 0 atom stereocenters. The molecule has 1 aromatic carbocycles. The number of rotatable bonds is 3. The Labute approximate surface area is 142 Å². The summed E-state index contributed by atoms with van der Waals surface area (Å²) in [6.07, 6.45) is 8.27. The summed E-state index contributed by atoms with van der Waals surface area (Å²) in [5.41, 5.74) is 9.20. The van der Waals surface area contributed by atoms with E-state index in [4.69, 9.17) is 4.98 Å². The number of imidazole rings is 1. The highest BCUT2D eigenvalue weighted by molar-refractivity contribution is 5.81. The fraction of sp³-hybridized carbons (Fsp3) is 0.400. The minimum Gasteiger partial charge on any atom is -0.319 e. The zero-order valence-electron chi connectivity index (χ0n) is 14.4. The Morgan fingerprint density at radius 3 is 2.58 bits per heavy atom. The molecule has 1 fully saturated rings. The lowest BCUT2D eigenvalue weighted by Crippen LogP contribution is -2.30. The number of benzene rings is 1. The summed E-state index contributed by atoms with van der Waals surface area (Å²) in [4.78, 5) is 9.57. The van der Waals surface area contributed by atoms with Crippen molar-refractivity contribution in [3.63, 3.8) is 0 Å². The van der Waals surface area contributed by atoms with Crippen LogP contribution in [0.2, 0.25) is 0 Å². The lowest BCUT2D eigenvalue weighted by atomic mass is 9.96. The molecule has 0 radical (unpaired) electrons. The molecule has 2 aromatic heterocycles. The molecule has 0 aliphatic heterocycles. The van der Waals surface area contributed by atoms with Crippen molar-refractivity contribution < 1.29 is 0 Å². The molecule has 1 saturated carbocycles. The molecule has 124 valence electrons. The number of aromatic nitrogens is 3. The number of pyridine rings is 1. The first-order valence-corrected chi connectivity index (χ1v) is 8.90. The van der Waals surface area contributed by atoms with Crippen LogP contribution in [0.3, 0.4) is 0 Å². The molecule has 0 saturated heterocycles. The van der Waals surface area contributed by atoms with Crippen LogP contribution in [0.4, 0.5) is 0 Å². The van der Waals surface area contributed by atoms with Crippen molar-refractivity contribution in [3.05, 3.63) is 47.7 Å². The molecular formula is C20H24N4. The lowest BCUT2D eigenvalue weighted by Gasteiger charge is -2.25. The fourth-order valence-corrected chi connectivity index (χ4v) is 3.64. The third-order valence-electron chi connectivity index (χ3n) is 5.05. The predicted molar refractivity (Wildman–Crippen MR) is 98.7 cm³/mol. The number of hydrogen-bond acceptors (Lipinski definition) is 3. The van der Waals surface area contributed by atoms with E-state index in [1.807, 2.05) is 12.3 Å². The Morgan fingerprint density at radius 1 is 1.00 bits per heavy atom. The van der Waals surface area contributed by atoms with Crippen molar-refractivity contribution in [2.24, 2.45) is 0 Å². The first-order chi connectivity index (χ1) is 11.7. The van der Waals surface area contributed by atoms with Crippen LogP contribution in [-0.4, -0.2) is 20.7 Å². The molecule has 24 heavy (non-hydrogen) atoms. The van der Waals surface area contributed by atoms with Gasteiger partial charge in [0.2, 0.25) is 0 Å². The highest BCUT2D eigenvalue weighted by Gasteiger charge is 2.20. The van der Waals surface area contributed by atoms with Crippen molar-refractivity contribution in [2.75, 3.05) is 5.43 Å². The van der Waals surface area contributed by atoms with Crippen LogP contribution in [0.15, 0.2) is 36.5 Å². The van der Waals surface area contributed by atoms with E-state index in [9.17, 15) is 0 Å². The van der Waals surface area contributed by atoms with Gasteiger partial charge in [0, 0.05) is 17.8 Å². The quantitative estimate of drug-likeness (QED) is 0.767. The van der Waals surface area contributed by atoms with Crippen molar-refractivity contribution in [1.82, 2.24) is 14.6 Å². The van der Waals surface area contributed by atoms with Gasteiger partial charge in [-0.2, -0.15) is 0 Å². The molecule has 4 nitrogen and oxygen atoms in total. The molecule has 1 aliphatic rings. The highest BCUT2D eigenvalue weighted by atomic mass is 15.5. The van der Waals surface area contributed by atoms with Crippen LogP contribution >= 0.6 is 0 Å².